The van der Waals surface area contributed by atoms with E-state index in [0.717, 1.165) is 8.27 Å². The molecule has 0 heterocycles. The number of hydrogen-bond acceptors (Lipinski definition) is 0. The minimum atomic E-state index is 0.836. The molecule has 0 aromatic rings. The topological polar surface area (TPSA) is 0 Å². The monoisotopic (exact) mass is 207 g/mol. The maximum atomic E-state index is 2.30. The smallest absolute Gasteiger partial charge is 0.0566 e. The first-order valence-electron chi connectivity index (χ1n) is 5.46. The molecule has 0 aromatic heterocycles. The van der Waals surface area contributed by atoms with E-state index in [1.54, 1.807) is 6.16 Å². The standard InChI is InChI=1S/C10H24P2/c1-3-5-6-7-8-10-12-11-9-4-2/h11-12H,3-10H2,1-2H3/p+1. The molecule has 0 fully saturated rings. The highest BCUT2D eigenvalue weighted by molar-refractivity contribution is 8.11. The van der Waals surface area contributed by atoms with Gasteiger partial charge in [0.25, 0.3) is 0 Å². The predicted octanol–water partition coefficient (Wildman–Crippen LogP) is 4.37. The Labute approximate surface area is 81.7 Å². The lowest BCUT2D eigenvalue weighted by atomic mass is 10.2. The molecular weight excluding hydrogens is 182 g/mol. The zero-order chi connectivity index (χ0) is 9.07. The van der Waals surface area contributed by atoms with Gasteiger partial charge in [-0.15, -0.1) is 0 Å². The van der Waals surface area contributed by atoms with Gasteiger partial charge in [0.2, 0.25) is 0 Å². The molecule has 0 aliphatic heterocycles. The Balaban J connectivity index is 2.73. The lowest BCUT2D eigenvalue weighted by molar-refractivity contribution is 0.659. The van der Waals surface area contributed by atoms with E-state index in [1.165, 1.54) is 53.0 Å². The molecule has 74 valence electrons. The molecule has 0 aliphatic rings. The van der Waals surface area contributed by atoms with E-state index >= 15 is 0 Å². The first-order valence-corrected chi connectivity index (χ1v) is 9.30. The van der Waals surface area contributed by atoms with Crippen molar-refractivity contribution >= 4 is 16.5 Å². The van der Waals surface area contributed by atoms with Gasteiger partial charge in [-0.3, -0.25) is 0 Å². The average molecular weight is 207 g/mol. The van der Waals surface area contributed by atoms with Crippen LogP contribution in [-0.2, 0) is 0 Å². The summed E-state index contributed by atoms with van der Waals surface area (Å²) < 4.78 is 0. The molecule has 2 heteroatoms. The van der Waals surface area contributed by atoms with E-state index in [1.807, 2.05) is 0 Å². The molecule has 0 radical (unpaired) electrons. The van der Waals surface area contributed by atoms with Crippen molar-refractivity contribution < 1.29 is 0 Å². The number of unbranched alkanes of at least 4 members (excludes halogenated alkanes) is 4. The van der Waals surface area contributed by atoms with Crippen LogP contribution in [0.25, 0.3) is 0 Å². The highest BCUT2D eigenvalue weighted by atomic mass is 32.0. The van der Waals surface area contributed by atoms with Crippen molar-refractivity contribution in [1.82, 2.24) is 0 Å². The molecule has 0 nitrogen and oxygen atoms in total. The fraction of sp³-hybridized carbons (Fsp3) is 1.00. The normalized spacial score (nSPS) is 12.5. The van der Waals surface area contributed by atoms with Crippen LogP contribution in [0.2, 0.25) is 0 Å². The van der Waals surface area contributed by atoms with Crippen molar-refractivity contribution in [3.8, 4) is 0 Å². The van der Waals surface area contributed by atoms with E-state index in [2.05, 4.69) is 13.8 Å². The summed E-state index contributed by atoms with van der Waals surface area (Å²) in [6, 6.07) is 0. The first-order chi connectivity index (χ1) is 5.91. The largest absolute Gasteiger partial charge is 0.0654 e. The zero-order valence-corrected chi connectivity index (χ0v) is 10.9. The molecule has 0 bridgehead atoms. The maximum Gasteiger partial charge on any atom is 0.0566 e. The van der Waals surface area contributed by atoms with Gasteiger partial charge in [0.1, 0.15) is 0 Å². The van der Waals surface area contributed by atoms with Gasteiger partial charge in [-0.1, -0.05) is 39.5 Å². The minimum Gasteiger partial charge on any atom is -0.0654 e. The minimum absolute atomic E-state index is 0.836. The van der Waals surface area contributed by atoms with Gasteiger partial charge in [0.05, 0.1) is 6.16 Å². The molecule has 12 heavy (non-hydrogen) atoms. The first kappa shape index (κ1) is 12.9. The Morgan fingerprint density at radius 3 is 2.33 bits per heavy atom. The third-order valence-electron chi connectivity index (χ3n) is 2.00. The van der Waals surface area contributed by atoms with Gasteiger partial charge >= 0.3 is 0 Å². The summed E-state index contributed by atoms with van der Waals surface area (Å²) >= 11 is 0. The van der Waals surface area contributed by atoms with Crippen LogP contribution < -0.4 is 0 Å². The van der Waals surface area contributed by atoms with E-state index in [-0.39, 0.29) is 0 Å². The third-order valence-corrected chi connectivity index (χ3v) is 6.40. The van der Waals surface area contributed by atoms with Crippen molar-refractivity contribution in [3.05, 3.63) is 0 Å². The molecule has 0 amide bonds. The summed E-state index contributed by atoms with van der Waals surface area (Å²) in [5, 5.41) is 0. The molecule has 0 aromatic carbocycles. The summed E-state index contributed by atoms with van der Waals surface area (Å²) in [6.07, 6.45) is 11.8. The zero-order valence-electron chi connectivity index (χ0n) is 8.73. The summed E-state index contributed by atoms with van der Waals surface area (Å²) in [6.45, 7) is 4.59. The molecule has 0 spiro atoms. The van der Waals surface area contributed by atoms with Crippen LogP contribution in [0.4, 0.5) is 0 Å². The SMILES string of the molecule is CCCCCCCP[PH2+]CCC. The summed E-state index contributed by atoms with van der Waals surface area (Å²) in [5.41, 5.74) is 0. The van der Waals surface area contributed by atoms with E-state index in [4.69, 9.17) is 0 Å². The van der Waals surface area contributed by atoms with Crippen LogP contribution in [0.3, 0.4) is 0 Å². The van der Waals surface area contributed by atoms with Crippen LogP contribution in [-0.4, -0.2) is 12.3 Å². The van der Waals surface area contributed by atoms with E-state index in [9.17, 15) is 0 Å². The number of rotatable bonds is 9. The van der Waals surface area contributed by atoms with E-state index in [0.29, 0.717) is 0 Å². The van der Waals surface area contributed by atoms with Crippen LogP contribution in [0, 0.1) is 0 Å². The Kier molecular flexibility index (Phi) is 12.7. The van der Waals surface area contributed by atoms with Gasteiger partial charge in [-0.25, -0.2) is 0 Å². The van der Waals surface area contributed by atoms with Crippen LogP contribution >= 0.6 is 16.5 Å². The van der Waals surface area contributed by atoms with Crippen molar-refractivity contribution in [3.63, 3.8) is 0 Å². The average Bonchev–Trinajstić information content (AvgIpc) is 2.10. The summed E-state index contributed by atoms with van der Waals surface area (Å²) in [7, 11) is 2.17. The second-order valence-electron chi connectivity index (χ2n) is 3.36. The molecule has 0 aliphatic carbocycles. The highest BCUT2D eigenvalue weighted by Crippen LogP contribution is 2.37. The van der Waals surface area contributed by atoms with Crippen LogP contribution in [0.15, 0.2) is 0 Å². The summed E-state index contributed by atoms with van der Waals surface area (Å²) in [5.74, 6) is 0. The Hall–Kier alpha value is 0.860. The van der Waals surface area contributed by atoms with Gasteiger partial charge in [0.15, 0.2) is 0 Å². The second-order valence-corrected chi connectivity index (χ2v) is 7.70. The van der Waals surface area contributed by atoms with Crippen molar-refractivity contribution in [2.75, 3.05) is 12.3 Å². The predicted molar refractivity (Wildman–Crippen MR) is 66.8 cm³/mol. The Bertz CT molecular complexity index is 64.2. The third kappa shape index (κ3) is 10.9. The molecule has 0 N–H and O–H groups in total. The molecule has 0 saturated heterocycles. The number of hydrogen-bond donors (Lipinski definition) is 0. The second kappa shape index (κ2) is 11.9. The van der Waals surface area contributed by atoms with Gasteiger partial charge in [-0.2, -0.15) is 0 Å². The molecule has 2 atom stereocenters. The fourth-order valence-corrected chi connectivity index (χ4v) is 5.03. The summed E-state index contributed by atoms with van der Waals surface area (Å²) in [4.78, 5) is 0. The Morgan fingerprint density at radius 2 is 1.67 bits per heavy atom. The lowest BCUT2D eigenvalue weighted by Gasteiger charge is -1.96. The molecular formula is C10H25P2+. The van der Waals surface area contributed by atoms with Crippen LogP contribution in [0.1, 0.15) is 52.4 Å². The van der Waals surface area contributed by atoms with Crippen molar-refractivity contribution in [2.24, 2.45) is 0 Å². The van der Waals surface area contributed by atoms with Gasteiger partial charge < -0.3 is 0 Å². The van der Waals surface area contributed by atoms with Crippen molar-refractivity contribution in [2.45, 2.75) is 52.4 Å². The molecule has 2 unspecified atom stereocenters. The Morgan fingerprint density at radius 1 is 0.917 bits per heavy atom. The molecule has 0 rings (SSSR count). The van der Waals surface area contributed by atoms with Gasteiger partial charge in [-0.05, 0) is 19.0 Å². The lowest BCUT2D eigenvalue weighted by Crippen LogP contribution is -1.78. The highest BCUT2D eigenvalue weighted by Gasteiger charge is 1.94. The van der Waals surface area contributed by atoms with E-state index < -0.39 is 0 Å². The fourth-order valence-electron chi connectivity index (χ4n) is 1.18. The van der Waals surface area contributed by atoms with Gasteiger partial charge in [0, 0.05) is 16.5 Å². The quantitative estimate of drug-likeness (QED) is 0.389. The maximum absolute atomic E-state index is 2.30. The molecule has 0 saturated carbocycles. The van der Waals surface area contributed by atoms with Crippen LogP contribution in [0.5, 0.6) is 0 Å². The van der Waals surface area contributed by atoms with Crippen molar-refractivity contribution in [1.29, 1.82) is 0 Å².